The van der Waals surface area contributed by atoms with Crippen molar-refractivity contribution < 1.29 is 14.3 Å². The van der Waals surface area contributed by atoms with Crippen LogP contribution in [0.15, 0.2) is 15.7 Å². The first kappa shape index (κ1) is 21.9. The number of carbonyl (C=O) groups excluding carboxylic acids is 2. The number of hydrogen-bond acceptors (Lipinski definition) is 9. The van der Waals surface area contributed by atoms with Crippen molar-refractivity contribution in [1.29, 1.82) is 0 Å². The average molecular weight is 429 g/mol. The van der Waals surface area contributed by atoms with Gasteiger partial charge in [-0.3, -0.25) is 18.7 Å². The maximum absolute atomic E-state index is 12.7. The summed E-state index contributed by atoms with van der Waals surface area (Å²) in [4.78, 5) is 58.0. The number of aryl methyl sites for hydroxylation is 2. The van der Waals surface area contributed by atoms with Gasteiger partial charge in [-0.05, 0) is 25.8 Å². The second-order valence-electron chi connectivity index (χ2n) is 7.60. The minimum atomic E-state index is -0.957. The molecule has 12 heteroatoms. The molecule has 0 aliphatic rings. The predicted octanol–water partition coefficient (Wildman–Crippen LogP) is -0.121. The third-order valence-electron chi connectivity index (χ3n) is 4.55. The number of aromatic nitrogens is 6. The molecule has 2 N–H and O–H groups in total. The summed E-state index contributed by atoms with van der Waals surface area (Å²) in [6.45, 7) is 6.73. The zero-order valence-corrected chi connectivity index (χ0v) is 17.9. The molecular formula is C19H23N7O5. The quantitative estimate of drug-likeness (QED) is 0.417. The topological polar surface area (TPSA) is 156 Å². The highest BCUT2D eigenvalue weighted by Crippen LogP contribution is 2.10. The number of carbonyl (C=O) groups is 2. The van der Waals surface area contributed by atoms with E-state index in [9.17, 15) is 19.2 Å². The molecule has 0 aliphatic heterocycles. The normalized spacial score (nSPS) is 11.3. The standard InChI is InChI=1S/C19H23N7O5/c1-9(2)7-25-14(20)13(16(28)24(5)19(25)30)12(27)8-31-17(29)15-22-18-21-10(3)6-11(4)26(18)23-15/h6,9H,7-8,20H2,1-5H3. The summed E-state index contributed by atoms with van der Waals surface area (Å²) in [7, 11) is 1.25. The van der Waals surface area contributed by atoms with Crippen molar-refractivity contribution >= 4 is 23.3 Å². The van der Waals surface area contributed by atoms with E-state index in [1.165, 1.54) is 11.6 Å². The minimum Gasteiger partial charge on any atom is -0.451 e. The highest BCUT2D eigenvalue weighted by molar-refractivity contribution is 6.01. The lowest BCUT2D eigenvalue weighted by molar-refractivity contribution is 0.0462. The van der Waals surface area contributed by atoms with Crippen LogP contribution in [-0.2, 0) is 18.3 Å². The molecule has 0 bridgehead atoms. The van der Waals surface area contributed by atoms with Crippen molar-refractivity contribution in [2.45, 2.75) is 34.2 Å². The maximum Gasteiger partial charge on any atom is 0.378 e. The monoisotopic (exact) mass is 429 g/mol. The fourth-order valence-electron chi connectivity index (χ4n) is 3.11. The van der Waals surface area contributed by atoms with Gasteiger partial charge in [0.1, 0.15) is 11.4 Å². The van der Waals surface area contributed by atoms with E-state index in [-0.39, 0.29) is 29.9 Å². The van der Waals surface area contributed by atoms with E-state index in [1.54, 1.807) is 19.9 Å². The number of hydrogen-bond donors (Lipinski definition) is 1. The fourth-order valence-corrected chi connectivity index (χ4v) is 3.11. The van der Waals surface area contributed by atoms with Gasteiger partial charge in [-0.1, -0.05) is 13.8 Å². The van der Waals surface area contributed by atoms with E-state index >= 15 is 0 Å². The molecule has 164 valence electrons. The van der Waals surface area contributed by atoms with Crippen LogP contribution in [0, 0.1) is 19.8 Å². The summed E-state index contributed by atoms with van der Waals surface area (Å²) in [5.41, 5.74) is 5.48. The highest BCUT2D eigenvalue weighted by atomic mass is 16.5. The summed E-state index contributed by atoms with van der Waals surface area (Å²) in [6.07, 6.45) is 0. The molecule has 31 heavy (non-hydrogen) atoms. The van der Waals surface area contributed by atoms with Gasteiger partial charge in [0.15, 0.2) is 6.61 Å². The maximum atomic E-state index is 12.7. The van der Waals surface area contributed by atoms with E-state index in [1.807, 2.05) is 13.8 Å². The number of fused-ring (bicyclic) bond motifs is 1. The molecule has 0 aromatic carbocycles. The van der Waals surface area contributed by atoms with Crippen LogP contribution in [0.5, 0.6) is 0 Å². The summed E-state index contributed by atoms with van der Waals surface area (Å²) >= 11 is 0. The Hall–Kier alpha value is -3.83. The molecule has 0 fully saturated rings. The summed E-state index contributed by atoms with van der Waals surface area (Å²) in [6, 6.07) is 1.77. The van der Waals surface area contributed by atoms with E-state index in [0.29, 0.717) is 11.4 Å². The Bertz CT molecular complexity index is 1320. The van der Waals surface area contributed by atoms with Gasteiger partial charge < -0.3 is 10.5 Å². The van der Waals surface area contributed by atoms with Crippen LogP contribution in [-0.4, -0.2) is 47.1 Å². The third kappa shape index (κ3) is 4.09. The van der Waals surface area contributed by atoms with Crippen LogP contribution in [0.1, 0.15) is 46.2 Å². The Labute approximate surface area is 176 Å². The summed E-state index contributed by atoms with van der Waals surface area (Å²) < 4.78 is 8.33. The third-order valence-corrected chi connectivity index (χ3v) is 4.55. The van der Waals surface area contributed by atoms with Gasteiger partial charge in [0.2, 0.25) is 5.78 Å². The van der Waals surface area contributed by atoms with E-state index in [4.69, 9.17) is 10.5 Å². The zero-order chi connectivity index (χ0) is 23.0. The first-order chi connectivity index (χ1) is 14.5. The lowest BCUT2D eigenvalue weighted by Crippen LogP contribution is -2.43. The largest absolute Gasteiger partial charge is 0.451 e. The van der Waals surface area contributed by atoms with Gasteiger partial charge in [0, 0.05) is 25.0 Å². The Morgan fingerprint density at radius 1 is 1.19 bits per heavy atom. The Kier molecular flexibility index (Phi) is 5.73. The number of ketones is 1. The molecule has 0 spiro atoms. The Morgan fingerprint density at radius 3 is 2.52 bits per heavy atom. The number of anilines is 1. The molecule has 0 radical (unpaired) electrons. The minimum absolute atomic E-state index is 0.0418. The fraction of sp³-hybridized carbons (Fsp3) is 0.421. The van der Waals surface area contributed by atoms with Crippen LogP contribution in [0.4, 0.5) is 5.82 Å². The molecule has 3 aromatic heterocycles. The van der Waals surface area contributed by atoms with Gasteiger partial charge in [0.25, 0.3) is 17.2 Å². The van der Waals surface area contributed by atoms with Crippen LogP contribution in [0.3, 0.4) is 0 Å². The molecule has 3 rings (SSSR count). The van der Waals surface area contributed by atoms with Crippen LogP contribution in [0.25, 0.3) is 5.78 Å². The molecule has 0 amide bonds. The SMILES string of the molecule is Cc1cc(C)n2nc(C(=O)OCC(=O)c3c(N)n(CC(C)C)c(=O)n(C)c3=O)nc2n1. The van der Waals surface area contributed by atoms with Gasteiger partial charge in [-0.15, -0.1) is 5.10 Å². The van der Waals surface area contributed by atoms with Gasteiger partial charge in [-0.25, -0.2) is 19.1 Å². The molecule has 3 aromatic rings. The second kappa shape index (κ2) is 8.13. The smallest absolute Gasteiger partial charge is 0.378 e. The van der Waals surface area contributed by atoms with Crippen molar-refractivity contribution in [1.82, 2.24) is 28.7 Å². The molecule has 3 heterocycles. The number of Topliss-reactive ketones (excluding diaryl/α,β-unsaturated/α-hetero) is 1. The molecule has 12 nitrogen and oxygen atoms in total. The van der Waals surface area contributed by atoms with Crippen LogP contribution < -0.4 is 17.0 Å². The molecule has 0 saturated heterocycles. The van der Waals surface area contributed by atoms with Crippen molar-refractivity contribution in [2.24, 2.45) is 13.0 Å². The Balaban J connectivity index is 1.86. The molecule has 0 atom stereocenters. The van der Waals surface area contributed by atoms with Crippen molar-refractivity contribution in [3.8, 4) is 0 Å². The average Bonchev–Trinajstić information content (AvgIpc) is 3.12. The van der Waals surface area contributed by atoms with Gasteiger partial charge in [-0.2, -0.15) is 4.98 Å². The number of rotatable bonds is 6. The summed E-state index contributed by atoms with van der Waals surface area (Å²) in [5, 5.41) is 4.03. The first-order valence-electron chi connectivity index (χ1n) is 9.51. The number of nitrogens with two attached hydrogens (primary N) is 1. The number of nitrogen functional groups attached to an aromatic ring is 1. The number of esters is 1. The summed E-state index contributed by atoms with van der Waals surface area (Å²) in [5.74, 6) is -2.07. The predicted molar refractivity (Wildman–Crippen MR) is 110 cm³/mol. The van der Waals surface area contributed by atoms with E-state index in [2.05, 4.69) is 15.1 Å². The van der Waals surface area contributed by atoms with E-state index < -0.39 is 35.2 Å². The van der Waals surface area contributed by atoms with Gasteiger partial charge >= 0.3 is 11.7 Å². The van der Waals surface area contributed by atoms with Gasteiger partial charge in [0.05, 0.1) is 0 Å². The first-order valence-corrected chi connectivity index (χ1v) is 9.51. The highest BCUT2D eigenvalue weighted by Gasteiger charge is 2.24. The van der Waals surface area contributed by atoms with Crippen molar-refractivity contribution in [3.05, 3.63) is 49.7 Å². The van der Waals surface area contributed by atoms with Crippen molar-refractivity contribution in [3.63, 3.8) is 0 Å². The second-order valence-corrected chi connectivity index (χ2v) is 7.60. The lowest BCUT2D eigenvalue weighted by Gasteiger charge is -2.16. The molecule has 0 saturated carbocycles. The van der Waals surface area contributed by atoms with Crippen LogP contribution in [0.2, 0.25) is 0 Å². The van der Waals surface area contributed by atoms with E-state index in [0.717, 1.165) is 9.13 Å². The number of nitrogens with zero attached hydrogens (tertiary/aromatic N) is 6. The molecule has 0 aliphatic carbocycles. The zero-order valence-electron chi connectivity index (χ0n) is 17.9. The Morgan fingerprint density at radius 2 is 1.87 bits per heavy atom. The van der Waals surface area contributed by atoms with Crippen LogP contribution >= 0.6 is 0 Å². The molecular weight excluding hydrogens is 406 g/mol. The number of ether oxygens (including phenoxy) is 1. The van der Waals surface area contributed by atoms with Crippen molar-refractivity contribution in [2.75, 3.05) is 12.3 Å². The lowest BCUT2D eigenvalue weighted by atomic mass is 10.1. The molecule has 0 unspecified atom stereocenters.